The van der Waals surface area contributed by atoms with Gasteiger partial charge in [-0.3, -0.25) is 4.90 Å². The van der Waals surface area contributed by atoms with Crippen molar-refractivity contribution in [1.82, 2.24) is 4.90 Å². The van der Waals surface area contributed by atoms with Gasteiger partial charge in [0.25, 0.3) is 0 Å². The first-order chi connectivity index (χ1) is 9.18. The summed E-state index contributed by atoms with van der Waals surface area (Å²) >= 11 is 0. The second kappa shape index (κ2) is 4.82. The molecule has 0 amide bonds. The number of rotatable bonds is 3. The highest BCUT2D eigenvalue weighted by Crippen LogP contribution is 2.45. The van der Waals surface area contributed by atoms with Crippen LogP contribution in [0.15, 0.2) is 48.5 Å². The Morgan fingerprint density at radius 1 is 0.895 bits per heavy atom. The number of fused-ring (bicyclic) bond motifs is 3. The SMILES string of the molecule is CC(C)CN(C)C1c2ccccc2-c2ccccc21. The predicted octanol–water partition coefficient (Wildman–Crippen LogP) is 4.34. The van der Waals surface area contributed by atoms with E-state index in [0.29, 0.717) is 12.0 Å². The van der Waals surface area contributed by atoms with Crippen LogP contribution < -0.4 is 0 Å². The molecule has 1 nitrogen and oxygen atoms in total. The van der Waals surface area contributed by atoms with Gasteiger partial charge >= 0.3 is 0 Å². The van der Waals surface area contributed by atoms with E-state index in [9.17, 15) is 0 Å². The monoisotopic (exact) mass is 251 g/mol. The van der Waals surface area contributed by atoms with Crippen molar-refractivity contribution >= 4 is 0 Å². The molecule has 0 radical (unpaired) electrons. The molecule has 0 N–H and O–H groups in total. The summed E-state index contributed by atoms with van der Waals surface area (Å²) in [6.45, 7) is 5.68. The second-order valence-electron chi connectivity index (χ2n) is 5.91. The van der Waals surface area contributed by atoms with Crippen molar-refractivity contribution in [1.29, 1.82) is 0 Å². The number of nitrogens with zero attached hydrogens (tertiary/aromatic N) is 1. The normalized spacial score (nSPS) is 13.9. The van der Waals surface area contributed by atoms with Crippen LogP contribution in [0.5, 0.6) is 0 Å². The molecule has 0 bridgehead atoms. The van der Waals surface area contributed by atoms with Crippen LogP contribution in [0.25, 0.3) is 11.1 Å². The topological polar surface area (TPSA) is 3.24 Å². The predicted molar refractivity (Wildman–Crippen MR) is 81.2 cm³/mol. The van der Waals surface area contributed by atoms with E-state index in [1.165, 1.54) is 22.3 Å². The highest BCUT2D eigenvalue weighted by atomic mass is 15.1. The Kier molecular flexibility index (Phi) is 3.16. The van der Waals surface area contributed by atoms with E-state index in [4.69, 9.17) is 0 Å². The van der Waals surface area contributed by atoms with Gasteiger partial charge in [0.15, 0.2) is 0 Å². The van der Waals surface area contributed by atoms with E-state index in [1.807, 2.05) is 0 Å². The molecular formula is C18H21N. The highest BCUT2D eigenvalue weighted by Gasteiger charge is 2.30. The second-order valence-corrected chi connectivity index (χ2v) is 5.91. The zero-order chi connectivity index (χ0) is 13.4. The molecule has 1 heteroatoms. The van der Waals surface area contributed by atoms with Crippen molar-refractivity contribution in [2.45, 2.75) is 19.9 Å². The average molecular weight is 251 g/mol. The van der Waals surface area contributed by atoms with Gasteiger partial charge in [-0.15, -0.1) is 0 Å². The first-order valence-electron chi connectivity index (χ1n) is 7.07. The molecule has 19 heavy (non-hydrogen) atoms. The minimum Gasteiger partial charge on any atom is -0.295 e. The Balaban J connectivity index is 2.09. The summed E-state index contributed by atoms with van der Waals surface area (Å²) in [5, 5.41) is 0. The Bertz CT molecular complexity index is 540. The van der Waals surface area contributed by atoms with Crippen molar-refractivity contribution < 1.29 is 0 Å². The smallest absolute Gasteiger partial charge is 0.0611 e. The van der Waals surface area contributed by atoms with Crippen molar-refractivity contribution in [2.75, 3.05) is 13.6 Å². The molecule has 0 unspecified atom stereocenters. The maximum atomic E-state index is 2.48. The van der Waals surface area contributed by atoms with Crippen LogP contribution in [0, 0.1) is 5.92 Å². The highest BCUT2D eigenvalue weighted by molar-refractivity contribution is 5.78. The van der Waals surface area contributed by atoms with Gasteiger partial charge in [0.2, 0.25) is 0 Å². The molecule has 0 atom stereocenters. The third kappa shape index (κ3) is 2.08. The molecule has 2 aromatic rings. The number of hydrogen-bond acceptors (Lipinski definition) is 1. The van der Waals surface area contributed by atoms with Gasteiger partial charge in [0, 0.05) is 6.54 Å². The van der Waals surface area contributed by atoms with Crippen LogP contribution in [-0.4, -0.2) is 18.5 Å². The lowest BCUT2D eigenvalue weighted by atomic mass is 10.0. The number of hydrogen-bond donors (Lipinski definition) is 0. The molecule has 0 spiro atoms. The summed E-state index contributed by atoms with van der Waals surface area (Å²) in [6.07, 6.45) is 0. The van der Waals surface area contributed by atoms with Crippen molar-refractivity contribution in [3.05, 3.63) is 59.7 Å². The van der Waals surface area contributed by atoms with Gasteiger partial charge in [0.05, 0.1) is 6.04 Å². The Morgan fingerprint density at radius 3 is 1.84 bits per heavy atom. The third-order valence-corrected chi connectivity index (χ3v) is 3.89. The van der Waals surface area contributed by atoms with E-state index < -0.39 is 0 Å². The fourth-order valence-corrected chi connectivity index (χ4v) is 3.29. The van der Waals surface area contributed by atoms with Gasteiger partial charge in [-0.05, 0) is 35.2 Å². The zero-order valence-corrected chi connectivity index (χ0v) is 11.9. The van der Waals surface area contributed by atoms with E-state index in [-0.39, 0.29) is 0 Å². The maximum absolute atomic E-state index is 2.48. The molecule has 3 rings (SSSR count). The van der Waals surface area contributed by atoms with E-state index in [1.54, 1.807) is 0 Å². The lowest BCUT2D eigenvalue weighted by molar-refractivity contribution is 0.251. The molecule has 2 aromatic carbocycles. The summed E-state index contributed by atoms with van der Waals surface area (Å²) in [5.41, 5.74) is 5.70. The maximum Gasteiger partial charge on any atom is 0.0611 e. The van der Waals surface area contributed by atoms with Crippen molar-refractivity contribution in [2.24, 2.45) is 5.92 Å². The average Bonchev–Trinajstić information content (AvgIpc) is 2.72. The summed E-state index contributed by atoms with van der Waals surface area (Å²) < 4.78 is 0. The van der Waals surface area contributed by atoms with Crippen LogP contribution in [0.4, 0.5) is 0 Å². The Morgan fingerprint density at radius 2 is 1.37 bits per heavy atom. The van der Waals surface area contributed by atoms with Gasteiger partial charge < -0.3 is 0 Å². The molecule has 1 aliphatic rings. The third-order valence-electron chi connectivity index (χ3n) is 3.89. The van der Waals surface area contributed by atoms with E-state index in [0.717, 1.165) is 6.54 Å². The molecular weight excluding hydrogens is 230 g/mol. The first kappa shape index (κ1) is 12.4. The minimum absolute atomic E-state index is 0.412. The molecule has 0 heterocycles. The molecule has 1 aliphatic carbocycles. The van der Waals surface area contributed by atoms with Crippen molar-refractivity contribution in [3.8, 4) is 11.1 Å². The van der Waals surface area contributed by atoms with Gasteiger partial charge in [-0.1, -0.05) is 62.4 Å². The van der Waals surface area contributed by atoms with Crippen LogP contribution in [0.3, 0.4) is 0 Å². The Labute approximate surface area is 115 Å². The summed E-state index contributed by atoms with van der Waals surface area (Å²) in [5.74, 6) is 0.685. The fourth-order valence-electron chi connectivity index (χ4n) is 3.29. The van der Waals surface area contributed by atoms with Crippen LogP contribution in [0.1, 0.15) is 31.0 Å². The summed E-state index contributed by atoms with van der Waals surface area (Å²) in [4.78, 5) is 2.48. The lowest BCUT2D eigenvalue weighted by Crippen LogP contribution is -2.27. The lowest BCUT2D eigenvalue weighted by Gasteiger charge is -2.27. The summed E-state index contributed by atoms with van der Waals surface area (Å²) in [7, 11) is 2.24. The fraction of sp³-hybridized carbons (Fsp3) is 0.333. The first-order valence-corrected chi connectivity index (χ1v) is 7.07. The molecule has 0 aromatic heterocycles. The minimum atomic E-state index is 0.412. The molecule has 0 aliphatic heterocycles. The summed E-state index contributed by atoms with van der Waals surface area (Å²) in [6, 6.07) is 18.0. The molecule has 98 valence electrons. The van der Waals surface area contributed by atoms with Gasteiger partial charge in [-0.2, -0.15) is 0 Å². The van der Waals surface area contributed by atoms with Crippen LogP contribution in [-0.2, 0) is 0 Å². The van der Waals surface area contributed by atoms with E-state index in [2.05, 4.69) is 74.3 Å². The molecule has 0 saturated heterocycles. The largest absolute Gasteiger partial charge is 0.295 e. The van der Waals surface area contributed by atoms with E-state index >= 15 is 0 Å². The number of benzene rings is 2. The van der Waals surface area contributed by atoms with Crippen LogP contribution in [0.2, 0.25) is 0 Å². The Hall–Kier alpha value is -1.60. The van der Waals surface area contributed by atoms with Crippen LogP contribution >= 0.6 is 0 Å². The molecule has 0 saturated carbocycles. The quantitative estimate of drug-likeness (QED) is 0.784. The van der Waals surface area contributed by atoms with Crippen molar-refractivity contribution in [3.63, 3.8) is 0 Å². The zero-order valence-electron chi connectivity index (χ0n) is 11.9. The standard InChI is InChI=1S/C18H21N/c1-13(2)12-19(3)18-16-10-6-4-8-14(16)15-9-5-7-11-17(15)18/h4-11,13,18H,12H2,1-3H3. The van der Waals surface area contributed by atoms with Gasteiger partial charge in [-0.25, -0.2) is 0 Å². The van der Waals surface area contributed by atoms with Gasteiger partial charge in [0.1, 0.15) is 0 Å². The molecule has 0 fully saturated rings.